The van der Waals surface area contributed by atoms with Crippen LogP contribution in [-0.2, 0) is 22.4 Å². The first-order valence-electron chi connectivity index (χ1n) is 10.5. The van der Waals surface area contributed by atoms with Crippen molar-refractivity contribution in [3.63, 3.8) is 0 Å². The minimum Gasteiger partial charge on any atom is -0.505 e. The third kappa shape index (κ3) is 4.52. The third-order valence-electron chi connectivity index (χ3n) is 5.69. The largest absolute Gasteiger partial charge is 0.505 e. The number of nitrogens with zero attached hydrogens (tertiary/aromatic N) is 2. The fourth-order valence-corrected chi connectivity index (χ4v) is 4.20. The van der Waals surface area contributed by atoms with Gasteiger partial charge in [-0.15, -0.1) is 0 Å². The van der Waals surface area contributed by atoms with Gasteiger partial charge >= 0.3 is 5.97 Å². The van der Waals surface area contributed by atoms with Gasteiger partial charge in [-0.3, -0.25) is 0 Å². The molecule has 3 rings (SSSR count). The molecule has 7 nitrogen and oxygen atoms in total. The second kappa shape index (κ2) is 9.82. The van der Waals surface area contributed by atoms with Crippen LogP contribution < -0.4 is 20.7 Å². The minimum atomic E-state index is -0.765. The molecule has 0 saturated heterocycles. The van der Waals surface area contributed by atoms with E-state index in [1.807, 2.05) is 36.8 Å². The number of rotatable bonds is 8. The van der Waals surface area contributed by atoms with Gasteiger partial charge in [-0.25, -0.2) is 10.2 Å². The Bertz CT molecular complexity index is 860. The second-order valence-corrected chi connectivity index (χ2v) is 7.72. The number of phenols is 1. The first kappa shape index (κ1) is 21.9. The number of aromatic hydroxyl groups is 1. The number of carbonyl (C=O) groups excluding carboxylic acids is 1. The Morgan fingerprint density at radius 3 is 2.80 bits per heavy atom. The molecule has 1 aromatic carbocycles. The van der Waals surface area contributed by atoms with E-state index in [-0.39, 0.29) is 5.75 Å². The van der Waals surface area contributed by atoms with E-state index in [9.17, 15) is 9.90 Å². The van der Waals surface area contributed by atoms with Crippen LogP contribution in [0.4, 0.5) is 11.4 Å². The molecule has 0 amide bonds. The minimum absolute atomic E-state index is 0.279. The predicted molar refractivity (Wildman–Crippen MR) is 120 cm³/mol. The number of quaternary nitrogens is 1. The number of nitrogens with two attached hydrogens (primary N) is 1. The van der Waals surface area contributed by atoms with Crippen LogP contribution in [0.2, 0.25) is 0 Å². The van der Waals surface area contributed by atoms with Crippen LogP contribution in [0, 0.1) is 0 Å². The Morgan fingerprint density at radius 1 is 1.37 bits per heavy atom. The summed E-state index contributed by atoms with van der Waals surface area (Å²) in [7, 11) is 5.09. The number of hydrogen-bond donors (Lipinski definition) is 3. The summed E-state index contributed by atoms with van der Waals surface area (Å²) in [6, 6.07) is 1.27. The number of esters is 1. The Labute approximate surface area is 178 Å². The molecule has 1 atom stereocenters. The lowest BCUT2D eigenvalue weighted by atomic mass is 9.90. The van der Waals surface area contributed by atoms with Crippen molar-refractivity contribution in [3.8, 4) is 5.75 Å². The van der Waals surface area contributed by atoms with Gasteiger partial charge in [0.1, 0.15) is 11.8 Å². The van der Waals surface area contributed by atoms with Gasteiger partial charge in [0, 0.05) is 31.4 Å². The van der Waals surface area contributed by atoms with Crippen LogP contribution in [0.15, 0.2) is 42.6 Å². The first-order chi connectivity index (χ1) is 14.5. The van der Waals surface area contributed by atoms with Crippen molar-refractivity contribution in [2.24, 2.45) is 0 Å². The molecule has 0 radical (unpaired) electrons. The van der Waals surface area contributed by atoms with Crippen LogP contribution >= 0.6 is 0 Å². The summed E-state index contributed by atoms with van der Waals surface area (Å²) in [5.74, 6) is -0.158. The monoisotopic (exact) mass is 413 g/mol. The fourth-order valence-electron chi connectivity index (χ4n) is 4.20. The van der Waals surface area contributed by atoms with E-state index in [1.165, 1.54) is 18.4 Å². The molecule has 0 spiro atoms. The molecule has 0 aliphatic carbocycles. The normalized spacial score (nSPS) is 16.6. The number of anilines is 2. The van der Waals surface area contributed by atoms with Gasteiger partial charge in [0.15, 0.2) is 0 Å². The van der Waals surface area contributed by atoms with E-state index in [0.29, 0.717) is 11.3 Å². The van der Waals surface area contributed by atoms with Gasteiger partial charge in [0.25, 0.3) is 0 Å². The molecule has 1 unspecified atom stereocenters. The quantitative estimate of drug-likeness (QED) is 0.340. The average molecular weight is 414 g/mol. The molecule has 162 valence electrons. The van der Waals surface area contributed by atoms with E-state index in [1.54, 1.807) is 18.1 Å². The molecule has 0 fully saturated rings. The summed E-state index contributed by atoms with van der Waals surface area (Å²) in [6.45, 7) is 6.12. The molecule has 2 aliphatic heterocycles. The van der Waals surface area contributed by atoms with E-state index in [4.69, 9.17) is 4.74 Å². The van der Waals surface area contributed by atoms with Crippen molar-refractivity contribution in [1.82, 2.24) is 5.43 Å². The molecule has 0 bridgehead atoms. The van der Waals surface area contributed by atoms with E-state index in [2.05, 4.69) is 16.9 Å². The number of hydrogen-bond acceptors (Lipinski definition) is 6. The number of phenolic OH excluding ortho intramolecular Hbond substituents is 1. The van der Waals surface area contributed by atoms with Crippen LogP contribution in [0.25, 0.3) is 0 Å². The van der Waals surface area contributed by atoms with Crippen LogP contribution in [0.5, 0.6) is 5.75 Å². The maximum absolute atomic E-state index is 12.4. The Morgan fingerprint density at radius 2 is 2.10 bits per heavy atom. The topological polar surface area (TPSA) is 81.7 Å². The lowest BCUT2D eigenvalue weighted by Crippen LogP contribution is -2.72. The summed E-state index contributed by atoms with van der Waals surface area (Å²) >= 11 is 0. The number of aryl methyl sites for hydroxylation is 1. The van der Waals surface area contributed by atoms with E-state index in [0.717, 1.165) is 44.3 Å². The van der Waals surface area contributed by atoms with E-state index < -0.39 is 12.0 Å². The number of hydrazine groups is 1. The van der Waals surface area contributed by atoms with Crippen molar-refractivity contribution in [3.05, 3.63) is 53.8 Å². The third-order valence-corrected chi connectivity index (χ3v) is 5.69. The van der Waals surface area contributed by atoms with Crippen molar-refractivity contribution in [2.45, 2.75) is 31.7 Å². The summed E-state index contributed by atoms with van der Waals surface area (Å²) in [5, 5.41) is 14.7. The predicted octanol–water partition coefficient (Wildman–Crippen LogP) is 1.39. The molecule has 0 aromatic heterocycles. The maximum atomic E-state index is 12.4. The standard InChI is InChI=1S/C23H32N4O3/c1-16(9-5-6-12-24-2)20(23(29)30-4)25-26(3)19-15-17-10-7-13-27-14-8-11-18(21(17)27)22(19)28/h5-6,9,12,15,20,24-25,28H,1,7-8,10-11,13-14H2,2-4H3/p+1/b9-5-,12-6-. The highest BCUT2D eigenvalue weighted by Crippen LogP contribution is 2.44. The summed E-state index contributed by atoms with van der Waals surface area (Å²) < 4.78 is 4.97. The fraction of sp³-hybridized carbons (Fsp3) is 0.435. The maximum Gasteiger partial charge on any atom is 0.329 e. The van der Waals surface area contributed by atoms with Crippen LogP contribution in [0.1, 0.15) is 24.0 Å². The molecular formula is C23H33N4O3+. The number of benzene rings is 1. The highest BCUT2D eigenvalue weighted by Gasteiger charge is 2.30. The zero-order chi connectivity index (χ0) is 21.7. The van der Waals surface area contributed by atoms with Gasteiger partial charge in [-0.1, -0.05) is 18.7 Å². The Kier molecular flexibility index (Phi) is 7.18. The molecule has 7 heteroatoms. The molecule has 0 saturated carbocycles. The van der Waals surface area contributed by atoms with Crippen molar-refractivity contribution >= 4 is 17.3 Å². The zero-order valence-corrected chi connectivity index (χ0v) is 18.1. The number of methoxy groups -OCH3 is 1. The Hall–Kier alpha value is -2.77. The van der Waals surface area contributed by atoms with Gasteiger partial charge in [0.2, 0.25) is 0 Å². The number of allylic oxidation sites excluding steroid dienone is 2. The molecule has 2 aliphatic rings. The summed E-state index contributed by atoms with van der Waals surface area (Å²) in [4.78, 5) is 14.8. The van der Waals surface area contributed by atoms with Gasteiger partial charge in [-0.05, 0) is 49.0 Å². The highest BCUT2D eigenvalue weighted by atomic mass is 16.5. The van der Waals surface area contributed by atoms with Crippen molar-refractivity contribution < 1.29 is 20.0 Å². The van der Waals surface area contributed by atoms with Crippen molar-refractivity contribution in [1.29, 1.82) is 0 Å². The van der Waals surface area contributed by atoms with Gasteiger partial charge < -0.3 is 25.1 Å². The smallest absolute Gasteiger partial charge is 0.329 e. The summed E-state index contributed by atoms with van der Waals surface area (Å²) in [6.07, 6.45) is 11.4. The van der Waals surface area contributed by atoms with Gasteiger partial charge in [-0.2, -0.15) is 0 Å². The van der Waals surface area contributed by atoms with Gasteiger partial charge in [0.05, 0.1) is 26.0 Å². The van der Waals surface area contributed by atoms with E-state index >= 15 is 0 Å². The molecular weight excluding hydrogens is 380 g/mol. The molecule has 2 heterocycles. The molecule has 30 heavy (non-hydrogen) atoms. The zero-order valence-electron chi connectivity index (χ0n) is 18.1. The van der Waals surface area contributed by atoms with Crippen LogP contribution in [0.3, 0.4) is 0 Å². The highest BCUT2D eigenvalue weighted by molar-refractivity contribution is 5.81. The second-order valence-electron chi connectivity index (χ2n) is 7.72. The molecule has 1 aromatic rings. The van der Waals surface area contributed by atoms with Crippen LogP contribution in [-0.4, -0.2) is 51.4 Å². The molecule has 4 N–H and O–H groups in total. The first-order valence-corrected chi connectivity index (χ1v) is 10.5. The lowest BCUT2D eigenvalue weighted by Gasteiger charge is -2.38. The summed E-state index contributed by atoms with van der Waals surface area (Å²) in [5.41, 5.74) is 7.86. The van der Waals surface area contributed by atoms with Crippen molar-refractivity contribution in [2.75, 3.05) is 44.2 Å². The number of nitrogens with one attached hydrogen (secondary N) is 1. The number of carbonyl (C=O) groups is 1. The number of ether oxygens (including phenoxy) is 1. The average Bonchev–Trinajstić information content (AvgIpc) is 2.76. The Balaban J connectivity index is 1.86. The SMILES string of the molecule is C=C(/C=C\C=C/[NH2+]C)C(NN(C)c1cc2c3c(c1O)CCCN3CCC2)C(=O)OC. The lowest BCUT2D eigenvalue weighted by molar-refractivity contribution is -0.556.